The molecule has 20 heavy (non-hydrogen) atoms. The largest absolute Gasteiger partial charge is 0.399 e. The van der Waals surface area contributed by atoms with Gasteiger partial charge in [-0.2, -0.15) is 0 Å². The minimum absolute atomic E-state index is 0.0530. The van der Waals surface area contributed by atoms with Crippen molar-refractivity contribution in [3.63, 3.8) is 0 Å². The Labute approximate surface area is 120 Å². The van der Waals surface area contributed by atoms with Crippen LogP contribution in [0.1, 0.15) is 28.8 Å². The molecule has 0 aliphatic rings. The minimum atomic E-state index is -0.0530. The van der Waals surface area contributed by atoms with Crippen molar-refractivity contribution in [1.29, 1.82) is 0 Å². The number of nitrogens with one attached hydrogen (secondary N) is 1. The zero-order chi connectivity index (χ0) is 14.8. The first kappa shape index (κ1) is 16.5. The van der Waals surface area contributed by atoms with Crippen molar-refractivity contribution in [2.45, 2.75) is 19.8 Å². The van der Waals surface area contributed by atoms with Gasteiger partial charge >= 0.3 is 0 Å². The molecule has 1 amide bonds. The summed E-state index contributed by atoms with van der Waals surface area (Å²) >= 11 is 0. The third-order valence-electron chi connectivity index (χ3n) is 2.93. The number of nitrogens with two attached hydrogens (primary N) is 1. The molecule has 1 aromatic carbocycles. The fourth-order valence-corrected chi connectivity index (χ4v) is 1.81. The highest BCUT2D eigenvalue weighted by molar-refractivity contribution is 5.95. The Balaban J connectivity index is 2.17. The molecular weight excluding hydrogens is 256 g/mol. The average Bonchev–Trinajstić information content (AvgIpc) is 2.41. The molecule has 112 valence electrons. The Morgan fingerprint density at radius 2 is 2.05 bits per heavy atom. The summed E-state index contributed by atoms with van der Waals surface area (Å²) in [6, 6.07) is 5.30. The monoisotopic (exact) mass is 280 g/mol. The lowest BCUT2D eigenvalue weighted by Gasteiger charge is -2.08. The normalized spacial score (nSPS) is 10.5. The second kappa shape index (κ2) is 9.34. The summed E-state index contributed by atoms with van der Waals surface area (Å²) in [6.45, 7) is 4.46. The van der Waals surface area contributed by atoms with E-state index >= 15 is 0 Å². The maximum Gasteiger partial charge on any atom is 0.251 e. The second-order valence-corrected chi connectivity index (χ2v) is 4.64. The van der Waals surface area contributed by atoms with Crippen LogP contribution in [0.4, 0.5) is 5.69 Å². The number of carbonyl (C=O) groups excluding carboxylic acids is 1. The van der Waals surface area contributed by atoms with E-state index in [0.29, 0.717) is 37.6 Å². The minimum Gasteiger partial charge on any atom is -0.399 e. The van der Waals surface area contributed by atoms with Crippen molar-refractivity contribution in [1.82, 2.24) is 5.32 Å². The zero-order valence-electron chi connectivity index (χ0n) is 12.3. The van der Waals surface area contributed by atoms with E-state index in [9.17, 15) is 4.79 Å². The summed E-state index contributed by atoms with van der Waals surface area (Å²) in [7, 11) is 1.65. The lowest BCUT2D eigenvalue weighted by atomic mass is 10.1. The van der Waals surface area contributed by atoms with Gasteiger partial charge in [0.05, 0.1) is 13.2 Å². The number of anilines is 1. The number of ether oxygens (including phenoxy) is 2. The third kappa shape index (κ3) is 6.04. The molecule has 0 saturated heterocycles. The van der Waals surface area contributed by atoms with Gasteiger partial charge in [0.15, 0.2) is 0 Å². The van der Waals surface area contributed by atoms with E-state index in [-0.39, 0.29) is 5.91 Å². The first-order valence-corrected chi connectivity index (χ1v) is 6.86. The highest BCUT2D eigenvalue weighted by atomic mass is 16.5. The molecule has 5 heteroatoms. The van der Waals surface area contributed by atoms with Gasteiger partial charge in [-0.1, -0.05) is 0 Å². The molecule has 5 nitrogen and oxygen atoms in total. The summed E-state index contributed by atoms with van der Waals surface area (Å²) < 4.78 is 10.2. The van der Waals surface area contributed by atoms with E-state index in [2.05, 4.69) is 5.32 Å². The fourth-order valence-electron chi connectivity index (χ4n) is 1.81. The molecule has 0 fully saturated rings. The zero-order valence-corrected chi connectivity index (χ0v) is 12.3. The molecule has 0 aromatic heterocycles. The number of carbonyl (C=O) groups is 1. The quantitative estimate of drug-likeness (QED) is 0.534. The van der Waals surface area contributed by atoms with Crippen molar-refractivity contribution in [3.8, 4) is 0 Å². The number of hydrogen-bond acceptors (Lipinski definition) is 4. The van der Waals surface area contributed by atoms with Crippen LogP contribution in [-0.4, -0.2) is 39.4 Å². The van der Waals surface area contributed by atoms with Crippen LogP contribution in [0.2, 0.25) is 0 Å². The van der Waals surface area contributed by atoms with Crippen molar-refractivity contribution in [3.05, 3.63) is 29.3 Å². The molecule has 0 radical (unpaired) electrons. The molecule has 0 bridgehead atoms. The van der Waals surface area contributed by atoms with Gasteiger partial charge < -0.3 is 20.5 Å². The smallest absolute Gasteiger partial charge is 0.251 e. The van der Waals surface area contributed by atoms with Crippen LogP contribution in [0.25, 0.3) is 0 Å². The van der Waals surface area contributed by atoms with E-state index in [0.717, 1.165) is 18.4 Å². The van der Waals surface area contributed by atoms with Gasteiger partial charge in [0.25, 0.3) is 5.91 Å². The second-order valence-electron chi connectivity index (χ2n) is 4.64. The molecule has 0 saturated carbocycles. The number of nitrogen functional groups attached to an aromatic ring is 1. The van der Waals surface area contributed by atoms with Gasteiger partial charge in [-0.05, 0) is 43.5 Å². The Hall–Kier alpha value is -1.59. The summed E-state index contributed by atoms with van der Waals surface area (Å²) in [5.74, 6) is -0.0530. The third-order valence-corrected chi connectivity index (χ3v) is 2.93. The topological polar surface area (TPSA) is 73.6 Å². The fraction of sp³-hybridized carbons (Fsp3) is 0.533. The van der Waals surface area contributed by atoms with Crippen molar-refractivity contribution in [2.24, 2.45) is 0 Å². The maximum absolute atomic E-state index is 12.0. The first-order valence-electron chi connectivity index (χ1n) is 6.86. The summed E-state index contributed by atoms with van der Waals surface area (Å²) in [4.78, 5) is 12.0. The van der Waals surface area contributed by atoms with Gasteiger partial charge in [0.1, 0.15) is 0 Å². The number of unbranched alkanes of at least 4 members (excludes halogenated alkanes) is 1. The standard InChI is InChI=1S/C15H24N2O3/c1-12-11-13(16)5-6-14(12)15(18)17-7-3-4-8-20-10-9-19-2/h5-6,11H,3-4,7-10,16H2,1-2H3,(H,17,18). The van der Waals surface area contributed by atoms with Gasteiger partial charge in [0.2, 0.25) is 0 Å². The molecular formula is C15H24N2O3. The summed E-state index contributed by atoms with van der Waals surface area (Å²) in [6.07, 6.45) is 1.82. The number of amides is 1. The van der Waals surface area contributed by atoms with Crippen LogP contribution >= 0.6 is 0 Å². The van der Waals surface area contributed by atoms with Crippen molar-refractivity contribution >= 4 is 11.6 Å². The van der Waals surface area contributed by atoms with Crippen LogP contribution in [-0.2, 0) is 9.47 Å². The van der Waals surface area contributed by atoms with Gasteiger partial charge in [-0.15, -0.1) is 0 Å². The van der Waals surface area contributed by atoms with E-state index < -0.39 is 0 Å². The van der Waals surface area contributed by atoms with Crippen LogP contribution in [0.5, 0.6) is 0 Å². The predicted molar refractivity (Wildman–Crippen MR) is 79.9 cm³/mol. The molecule has 0 unspecified atom stereocenters. The van der Waals surface area contributed by atoms with Crippen LogP contribution in [0.15, 0.2) is 18.2 Å². The Kier molecular flexibility index (Phi) is 7.69. The van der Waals surface area contributed by atoms with E-state index in [4.69, 9.17) is 15.2 Å². The molecule has 1 aromatic rings. The Bertz CT molecular complexity index is 422. The lowest BCUT2D eigenvalue weighted by Crippen LogP contribution is -2.25. The van der Waals surface area contributed by atoms with E-state index in [1.165, 1.54) is 0 Å². The molecule has 3 N–H and O–H groups in total. The molecule has 0 heterocycles. The molecule has 0 atom stereocenters. The lowest BCUT2D eigenvalue weighted by molar-refractivity contribution is 0.0686. The highest BCUT2D eigenvalue weighted by Gasteiger charge is 2.07. The molecule has 0 aliphatic heterocycles. The van der Waals surface area contributed by atoms with Gasteiger partial charge in [-0.3, -0.25) is 4.79 Å². The molecule has 0 aliphatic carbocycles. The number of rotatable bonds is 9. The highest BCUT2D eigenvalue weighted by Crippen LogP contribution is 2.12. The van der Waals surface area contributed by atoms with Crippen LogP contribution in [0, 0.1) is 6.92 Å². The molecule has 0 spiro atoms. The SMILES string of the molecule is COCCOCCCCNC(=O)c1ccc(N)cc1C. The van der Waals surface area contributed by atoms with Crippen molar-refractivity contribution in [2.75, 3.05) is 39.2 Å². The number of hydrogen-bond donors (Lipinski definition) is 2. The predicted octanol–water partition coefficient (Wildman–Crippen LogP) is 1.75. The number of methoxy groups -OCH3 is 1. The first-order chi connectivity index (χ1) is 9.65. The summed E-state index contributed by atoms with van der Waals surface area (Å²) in [5.41, 5.74) is 7.91. The molecule has 1 rings (SSSR count). The van der Waals surface area contributed by atoms with Crippen molar-refractivity contribution < 1.29 is 14.3 Å². The Morgan fingerprint density at radius 3 is 2.75 bits per heavy atom. The number of aryl methyl sites for hydroxylation is 1. The number of benzene rings is 1. The van der Waals surface area contributed by atoms with E-state index in [1.807, 2.05) is 6.92 Å². The van der Waals surface area contributed by atoms with Gasteiger partial charge in [0, 0.05) is 31.5 Å². The van der Waals surface area contributed by atoms with E-state index in [1.54, 1.807) is 25.3 Å². The maximum atomic E-state index is 12.0. The Morgan fingerprint density at radius 1 is 1.25 bits per heavy atom. The van der Waals surface area contributed by atoms with Crippen LogP contribution in [0.3, 0.4) is 0 Å². The van der Waals surface area contributed by atoms with Crippen LogP contribution < -0.4 is 11.1 Å². The average molecular weight is 280 g/mol. The summed E-state index contributed by atoms with van der Waals surface area (Å²) in [5, 5.41) is 2.90. The van der Waals surface area contributed by atoms with Gasteiger partial charge in [-0.25, -0.2) is 0 Å².